The lowest BCUT2D eigenvalue weighted by Gasteiger charge is -2.19. The molecule has 1 N–H and O–H groups in total. The summed E-state index contributed by atoms with van der Waals surface area (Å²) in [7, 11) is 1.21. The van der Waals surface area contributed by atoms with Crippen molar-refractivity contribution in [3.63, 3.8) is 0 Å². The second-order valence-corrected chi connectivity index (χ2v) is 3.18. The van der Waals surface area contributed by atoms with Gasteiger partial charge in [0.2, 0.25) is 11.8 Å². The second-order valence-electron chi connectivity index (χ2n) is 3.18. The summed E-state index contributed by atoms with van der Waals surface area (Å²) < 4.78 is 41.7. The molecule has 0 aliphatic rings. The number of nitrogens with zero attached hydrogens (tertiary/aromatic N) is 3. The van der Waals surface area contributed by atoms with Crippen LogP contribution >= 0.6 is 0 Å². The third-order valence-electron chi connectivity index (χ3n) is 1.85. The minimum atomic E-state index is -5.23. The van der Waals surface area contributed by atoms with Gasteiger partial charge in [0, 0.05) is 12.3 Å². The van der Waals surface area contributed by atoms with Crippen molar-refractivity contribution < 1.29 is 32.6 Å². The Kier molecular flexibility index (Phi) is 4.25. The average molecular weight is 279 g/mol. The molecule has 19 heavy (non-hydrogen) atoms. The maximum Gasteiger partial charge on any atom is 0.471 e. The highest BCUT2D eigenvalue weighted by Crippen LogP contribution is 2.22. The quantitative estimate of drug-likeness (QED) is 0.861. The zero-order chi connectivity index (χ0) is 14.6. The summed E-state index contributed by atoms with van der Waals surface area (Å²) in [6, 6.07) is 1.24. The van der Waals surface area contributed by atoms with Gasteiger partial charge in [-0.25, -0.2) is 4.98 Å². The van der Waals surface area contributed by atoms with Crippen LogP contribution in [0, 0.1) is 0 Å². The van der Waals surface area contributed by atoms with Gasteiger partial charge in [0.25, 0.3) is 0 Å². The Morgan fingerprint density at radius 3 is 2.58 bits per heavy atom. The molecule has 0 aliphatic carbocycles. The Balaban J connectivity index is 3.16. The first-order chi connectivity index (χ1) is 8.75. The number of hydrogen-bond donors (Lipinski definition) is 1. The van der Waals surface area contributed by atoms with Crippen LogP contribution in [0.1, 0.15) is 0 Å². The summed E-state index contributed by atoms with van der Waals surface area (Å²) in [5.41, 5.74) is 0. The number of halogens is 3. The van der Waals surface area contributed by atoms with Crippen molar-refractivity contribution in [2.45, 2.75) is 6.18 Å². The topological polar surface area (TPSA) is 92.6 Å². The van der Waals surface area contributed by atoms with Crippen molar-refractivity contribution in [1.29, 1.82) is 0 Å². The molecule has 0 unspecified atom stereocenters. The number of alkyl halides is 3. The smallest absolute Gasteiger partial charge is 0.471 e. The van der Waals surface area contributed by atoms with Crippen molar-refractivity contribution in [1.82, 2.24) is 9.97 Å². The summed E-state index contributed by atoms with van der Waals surface area (Å²) in [5.74, 6) is -4.81. The minimum Gasteiger partial charge on any atom is -0.481 e. The second kappa shape index (κ2) is 5.50. The van der Waals surface area contributed by atoms with Gasteiger partial charge in [-0.2, -0.15) is 18.2 Å². The summed E-state index contributed by atoms with van der Waals surface area (Å²) >= 11 is 0. The van der Waals surface area contributed by atoms with Crippen molar-refractivity contribution >= 4 is 17.8 Å². The molecule has 1 heterocycles. The van der Waals surface area contributed by atoms with E-state index in [2.05, 4.69) is 14.7 Å². The lowest BCUT2D eigenvalue weighted by atomic mass is 10.4. The van der Waals surface area contributed by atoms with Gasteiger partial charge in [0.05, 0.1) is 7.11 Å². The van der Waals surface area contributed by atoms with Gasteiger partial charge < -0.3 is 9.84 Å². The molecule has 1 aromatic rings. The molecule has 0 atom stereocenters. The lowest BCUT2D eigenvalue weighted by Crippen LogP contribution is -2.44. The highest BCUT2D eigenvalue weighted by atomic mass is 19.4. The SMILES string of the molecule is COc1ccnc(N(CC(=O)O)C(=O)C(F)(F)F)n1. The van der Waals surface area contributed by atoms with E-state index in [0.717, 1.165) is 6.20 Å². The molecule has 1 aromatic heterocycles. The van der Waals surface area contributed by atoms with Gasteiger partial charge in [-0.1, -0.05) is 0 Å². The number of carbonyl (C=O) groups excluding carboxylic acids is 1. The molecule has 0 bridgehead atoms. The van der Waals surface area contributed by atoms with Gasteiger partial charge >= 0.3 is 18.1 Å². The first-order valence-corrected chi connectivity index (χ1v) is 4.73. The van der Waals surface area contributed by atoms with Crippen molar-refractivity contribution in [3.8, 4) is 5.88 Å². The number of aromatic nitrogens is 2. The molecule has 1 rings (SSSR count). The fourth-order valence-electron chi connectivity index (χ4n) is 1.10. The van der Waals surface area contributed by atoms with E-state index in [9.17, 15) is 22.8 Å². The number of carbonyl (C=O) groups is 2. The predicted molar refractivity (Wildman–Crippen MR) is 54.6 cm³/mol. The van der Waals surface area contributed by atoms with Gasteiger partial charge in [0.15, 0.2) is 0 Å². The van der Waals surface area contributed by atoms with E-state index in [1.165, 1.54) is 13.2 Å². The summed E-state index contributed by atoms with van der Waals surface area (Å²) in [5, 5.41) is 8.54. The van der Waals surface area contributed by atoms with E-state index in [0.29, 0.717) is 0 Å². The molecule has 0 spiro atoms. The molecule has 1 amide bonds. The fourth-order valence-corrected chi connectivity index (χ4v) is 1.10. The van der Waals surface area contributed by atoms with Crippen LogP contribution in [0.4, 0.5) is 19.1 Å². The summed E-state index contributed by atoms with van der Waals surface area (Å²) in [6.07, 6.45) is -4.19. The normalized spacial score (nSPS) is 10.9. The maximum absolute atomic E-state index is 12.3. The third kappa shape index (κ3) is 3.79. The Morgan fingerprint density at radius 1 is 1.47 bits per heavy atom. The Labute approximate surface area is 104 Å². The van der Waals surface area contributed by atoms with Crippen LogP contribution < -0.4 is 9.64 Å². The van der Waals surface area contributed by atoms with E-state index in [4.69, 9.17) is 5.11 Å². The highest BCUT2D eigenvalue weighted by Gasteiger charge is 2.44. The molecule has 0 radical (unpaired) electrons. The van der Waals surface area contributed by atoms with Crippen molar-refractivity contribution in [2.24, 2.45) is 0 Å². The van der Waals surface area contributed by atoms with Crippen LogP contribution in [-0.2, 0) is 9.59 Å². The minimum absolute atomic E-state index is 0.0924. The number of aliphatic carboxylic acids is 1. The van der Waals surface area contributed by atoms with Crippen LogP contribution in [-0.4, -0.2) is 46.8 Å². The number of methoxy groups -OCH3 is 1. The Bertz CT molecular complexity index is 492. The van der Waals surface area contributed by atoms with Crippen molar-refractivity contribution in [3.05, 3.63) is 12.3 Å². The van der Waals surface area contributed by atoms with E-state index in [1.807, 2.05) is 0 Å². The standard InChI is InChI=1S/C9H8F3N3O4/c1-19-5-2-3-13-8(14-5)15(4-6(16)17)7(18)9(10,11)12/h2-3H,4H2,1H3,(H,16,17). The highest BCUT2D eigenvalue weighted by molar-refractivity contribution is 5.99. The van der Waals surface area contributed by atoms with Crippen molar-refractivity contribution in [2.75, 3.05) is 18.6 Å². The molecule has 0 saturated heterocycles. The van der Waals surface area contributed by atoms with Crippen LogP contribution in [0.5, 0.6) is 5.88 Å². The van der Waals surface area contributed by atoms with Crippen LogP contribution in [0.25, 0.3) is 0 Å². The number of hydrogen-bond acceptors (Lipinski definition) is 5. The van der Waals surface area contributed by atoms with Crippen LogP contribution in [0.2, 0.25) is 0 Å². The molecule has 10 heteroatoms. The summed E-state index contributed by atoms with van der Waals surface area (Å²) in [6.45, 7) is -1.22. The molecule has 0 aromatic carbocycles. The predicted octanol–water partition coefficient (Wildman–Crippen LogP) is 0.465. The molecule has 0 aliphatic heterocycles. The van der Waals surface area contributed by atoms with Gasteiger partial charge in [-0.15, -0.1) is 0 Å². The largest absolute Gasteiger partial charge is 0.481 e. The Morgan fingerprint density at radius 2 is 2.11 bits per heavy atom. The zero-order valence-electron chi connectivity index (χ0n) is 9.51. The number of carboxylic acid groups (broad SMARTS) is 1. The summed E-state index contributed by atoms with van der Waals surface area (Å²) in [4.78, 5) is 28.5. The van der Waals surface area contributed by atoms with Gasteiger partial charge in [-0.3, -0.25) is 14.5 Å². The number of ether oxygens (including phenoxy) is 1. The number of amides is 1. The molecular weight excluding hydrogens is 271 g/mol. The zero-order valence-corrected chi connectivity index (χ0v) is 9.51. The van der Waals surface area contributed by atoms with E-state index >= 15 is 0 Å². The first kappa shape index (κ1) is 14.7. The Hall–Kier alpha value is -2.39. The first-order valence-electron chi connectivity index (χ1n) is 4.73. The molecule has 0 saturated carbocycles. The van der Waals surface area contributed by atoms with Crippen LogP contribution in [0.3, 0.4) is 0 Å². The van der Waals surface area contributed by atoms with E-state index in [-0.39, 0.29) is 10.8 Å². The molecular formula is C9H8F3N3O4. The average Bonchev–Trinajstić information content (AvgIpc) is 2.34. The van der Waals surface area contributed by atoms with E-state index < -0.39 is 30.5 Å². The monoisotopic (exact) mass is 279 g/mol. The third-order valence-corrected chi connectivity index (χ3v) is 1.85. The molecule has 0 fully saturated rings. The van der Waals surface area contributed by atoms with E-state index in [1.54, 1.807) is 0 Å². The maximum atomic E-state index is 12.3. The van der Waals surface area contributed by atoms with Gasteiger partial charge in [-0.05, 0) is 0 Å². The number of rotatable bonds is 4. The van der Waals surface area contributed by atoms with Crippen LogP contribution in [0.15, 0.2) is 12.3 Å². The molecule has 7 nitrogen and oxygen atoms in total. The number of carboxylic acids is 1. The molecule has 104 valence electrons. The lowest BCUT2D eigenvalue weighted by molar-refractivity contribution is -0.171. The van der Waals surface area contributed by atoms with Gasteiger partial charge in [0.1, 0.15) is 6.54 Å². The number of anilines is 1. The fraction of sp³-hybridized carbons (Fsp3) is 0.333.